The molecule has 1 amide bonds. The van der Waals surface area contributed by atoms with Gasteiger partial charge in [-0.3, -0.25) is 9.18 Å². The summed E-state index contributed by atoms with van der Waals surface area (Å²) in [6.07, 6.45) is 1.56. The minimum absolute atomic E-state index is 0.0264. The minimum atomic E-state index is -4.00. The van der Waals surface area contributed by atoms with Gasteiger partial charge in [0, 0.05) is 24.5 Å². The second kappa shape index (κ2) is 12.0. The van der Waals surface area contributed by atoms with Crippen molar-refractivity contribution in [1.82, 2.24) is 9.62 Å². The first kappa shape index (κ1) is 26.4. The Labute approximate surface area is 206 Å². The smallest absolute Gasteiger partial charge is 0.244 e. The average Bonchev–Trinajstić information content (AvgIpc) is 3.00. The largest absolute Gasteiger partial charge is 0.494 e. The molecule has 1 saturated heterocycles. The molecule has 2 atom stereocenters. The summed E-state index contributed by atoms with van der Waals surface area (Å²) in [5.74, 6) is 0.817. The van der Waals surface area contributed by atoms with Crippen molar-refractivity contribution in [3.8, 4) is 5.75 Å². The SMILES string of the molecule is CC(C)C1CCNC(=O)C(N(Cc2ccc(OCCCF)cc2)S(=O)(=O)c2ccc(Cl)cc2)C1. The maximum absolute atomic E-state index is 13.8. The van der Waals surface area contributed by atoms with Gasteiger partial charge in [0.15, 0.2) is 0 Å². The number of halogens is 2. The summed E-state index contributed by atoms with van der Waals surface area (Å²) in [4.78, 5) is 13.1. The molecular formula is C25H32ClFN2O4S. The fourth-order valence-electron chi connectivity index (χ4n) is 4.08. The molecule has 2 aromatic carbocycles. The minimum Gasteiger partial charge on any atom is -0.494 e. The molecule has 0 saturated carbocycles. The van der Waals surface area contributed by atoms with Crippen LogP contribution in [0.25, 0.3) is 0 Å². The highest BCUT2D eigenvalue weighted by Crippen LogP contribution is 2.30. The van der Waals surface area contributed by atoms with Crippen molar-refractivity contribution >= 4 is 27.5 Å². The van der Waals surface area contributed by atoms with Gasteiger partial charge in [-0.1, -0.05) is 37.6 Å². The molecule has 1 heterocycles. The lowest BCUT2D eigenvalue weighted by molar-refractivity contribution is -0.124. The summed E-state index contributed by atoms with van der Waals surface area (Å²) in [5.41, 5.74) is 0.716. The van der Waals surface area contributed by atoms with Crippen molar-refractivity contribution in [1.29, 1.82) is 0 Å². The van der Waals surface area contributed by atoms with Gasteiger partial charge in [0.05, 0.1) is 18.2 Å². The third-order valence-corrected chi connectivity index (χ3v) is 8.28. The lowest BCUT2D eigenvalue weighted by Crippen LogP contribution is -2.48. The second-order valence-corrected chi connectivity index (χ2v) is 11.2. The predicted molar refractivity (Wildman–Crippen MR) is 131 cm³/mol. The summed E-state index contributed by atoms with van der Waals surface area (Å²) < 4.78 is 46.6. The van der Waals surface area contributed by atoms with Crippen LogP contribution >= 0.6 is 11.6 Å². The molecule has 3 rings (SSSR count). The van der Waals surface area contributed by atoms with Crippen LogP contribution in [0.3, 0.4) is 0 Å². The molecule has 186 valence electrons. The van der Waals surface area contributed by atoms with Crippen LogP contribution in [0.5, 0.6) is 5.75 Å². The zero-order valence-electron chi connectivity index (χ0n) is 19.5. The Morgan fingerprint density at radius 2 is 1.82 bits per heavy atom. The summed E-state index contributed by atoms with van der Waals surface area (Å²) in [6.45, 7) is 4.56. The number of carbonyl (C=O) groups is 1. The van der Waals surface area contributed by atoms with Crippen LogP contribution < -0.4 is 10.1 Å². The first-order valence-electron chi connectivity index (χ1n) is 11.5. The number of benzene rings is 2. The Bertz CT molecular complexity index is 1050. The van der Waals surface area contributed by atoms with Crippen LogP contribution in [0, 0.1) is 11.8 Å². The van der Waals surface area contributed by atoms with Gasteiger partial charge >= 0.3 is 0 Å². The number of sulfonamides is 1. The van der Waals surface area contributed by atoms with E-state index in [1.54, 1.807) is 24.3 Å². The van der Waals surface area contributed by atoms with E-state index >= 15 is 0 Å². The highest BCUT2D eigenvalue weighted by Gasteiger charge is 2.39. The van der Waals surface area contributed by atoms with E-state index in [0.717, 1.165) is 6.42 Å². The topological polar surface area (TPSA) is 75.7 Å². The van der Waals surface area contributed by atoms with Crippen molar-refractivity contribution in [3.63, 3.8) is 0 Å². The second-order valence-electron chi connectivity index (χ2n) is 8.87. The van der Waals surface area contributed by atoms with Crippen LogP contribution in [0.15, 0.2) is 53.4 Å². The number of amides is 1. The van der Waals surface area contributed by atoms with Crippen LogP contribution in [-0.2, 0) is 21.4 Å². The third-order valence-electron chi connectivity index (χ3n) is 6.16. The van der Waals surface area contributed by atoms with Gasteiger partial charge in [0.2, 0.25) is 15.9 Å². The normalized spacial score (nSPS) is 19.2. The summed E-state index contributed by atoms with van der Waals surface area (Å²) in [5, 5.41) is 3.33. The molecule has 0 spiro atoms. The van der Waals surface area contributed by atoms with Crippen molar-refractivity contribution < 1.29 is 22.3 Å². The maximum Gasteiger partial charge on any atom is 0.244 e. The number of hydrogen-bond donors (Lipinski definition) is 1. The van der Waals surface area contributed by atoms with E-state index in [0.29, 0.717) is 41.6 Å². The zero-order valence-corrected chi connectivity index (χ0v) is 21.1. The van der Waals surface area contributed by atoms with Crippen molar-refractivity contribution in [3.05, 3.63) is 59.1 Å². The molecule has 0 bridgehead atoms. The number of carbonyl (C=O) groups excluding carboxylic acids is 1. The molecule has 1 fully saturated rings. The molecule has 2 aromatic rings. The first-order chi connectivity index (χ1) is 16.2. The predicted octanol–water partition coefficient (Wildman–Crippen LogP) is 4.82. The maximum atomic E-state index is 13.8. The van der Waals surface area contributed by atoms with E-state index in [-0.39, 0.29) is 29.9 Å². The first-order valence-corrected chi connectivity index (χ1v) is 13.4. The third kappa shape index (κ3) is 6.71. The Hall–Kier alpha value is -2.16. The van der Waals surface area contributed by atoms with E-state index in [4.69, 9.17) is 16.3 Å². The molecule has 1 N–H and O–H groups in total. The highest BCUT2D eigenvalue weighted by molar-refractivity contribution is 7.89. The Morgan fingerprint density at radius 3 is 2.44 bits per heavy atom. The molecule has 0 aromatic heterocycles. The van der Waals surface area contributed by atoms with Gasteiger partial charge in [-0.05, 0) is 66.6 Å². The van der Waals surface area contributed by atoms with E-state index in [1.807, 2.05) is 0 Å². The molecule has 1 aliphatic heterocycles. The zero-order chi connectivity index (χ0) is 24.7. The number of hydrogen-bond acceptors (Lipinski definition) is 4. The van der Waals surface area contributed by atoms with E-state index in [9.17, 15) is 17.6 Å². The quantitative estimate of drug-likeness (QED) is 0.465. The van der Waals surface area contributed by atoms with E-state index in [2.05, 4.69) is 19.2 Å². The standard InChI is InChI=1S/C25H32ClFN2O4S/c1-18(2)20-12-14-28-25(30)24(16-20)29(34(31,32)23-10-6-21(26)7-11-23)17-19-4-8-22(9-5-19)33-15-3-13-27/h4-11,18,20,24H,3,12-17H2,1-2H3,(H,28,30). The van der Waals surface area contributed by atoms with Gasteiger partial charge in [0.1, 0.15) is 11.8 Å². The van der Waals surface area contributed by atoms with Gasteiger partial charge < -0.3 is 10.1 Å². The van der Waals surface area contributed by atoms with Crippen LogP contribution in [-0.4, -0.2) is 44.5 Å². The Kier molecular flexibility index (Phi) is 9.33. The molecule has 9 heteroatoms. The lowest BCUT2D eigenvalue weighted by Gasteiger charge is -2.31. The van der Waals surface area contributed by atoms with E-state index in [1.165, 1.54) is 28.6 Å². The number of alkyl halides is 1. The Morgan fingerprint density at radius 1 is 1.15 bits per heavy atom. The van der Waals surface area contributed by atoms with Crippen LogP contribution in [0.1, 0.15) is 38.7 Å². The highest BCUT2D eigenvalue weighted by atomic mass is 35.5. The summed E-state index contributed by atoms with van der Waals surface area (Å²) in [6, 6.07) is 12.1. The molecule has 2 unspecified atom stereocenters. The molecule has 6 nitrogen and oxygen atoms in total. The fourth-order valence-corrected chi connectivity index (χ4v) is 5.80. The van der Waals surface area contributed by atoms with Crippen molar-refractivity contribution in [2.75, 3.05) is 19.8 Å². The monoisotopic (exact) mass is 510 g/mol. The van der Waals surface area contributed by atoms with Crippen LogP contribution in [0.4, 0.5) is 4.39 Å². The van der Waals surface area contributed by atoms with Gasteiger partial charge in [-0.15, -0.1) is 0 Å². The molecule has 0 aliphatic carbocycles. The van der Waals surface area contributed by atoms with Gasteiger partial charge in [-0.2, -0.15) is 4.31 Å². The molecule has 0 radical (unpaired) electrons. The lowest BCUT2D eigenvalue weighted by atomic mass is 9.87. The number of nitrogens with zero attached hydrogens (tertiary/aromatic N) is 1. The van der Waals surface area contributed by atoms with Gasteiger partial charge in [0.25, 0.3) is 0 Å². The fraction of sp³-hybridized carbons (Fsp3) is 0.480. The number of nitrogens with one attached hydrogen (secondary N) is 1. The summed E-state index contributed by atoms with van der Waals surface area (Å²) >= 11 is 5.97. The van der Waals surface area contributed by atoms with Crippen molar-refractivity contribution in [2.45, 2.75) is 50.6 Å². The average molecular weight is 511 g/mol. The summed E-state index contributed by atoms with van der Waals surface area (Å²) in [7, 11) is -4.00. The van der Waals surface area contributed by atoms with Crippen molar-refractivity contribution in [2.24, 2.45) is 11.8 Å². The number of rotatable bonds is 10. The molecule has 1 aliphatic rings. The van der Waals surface area contributed by atoms with Crippen LogP contribution in [0.2, 0.25) is 5.02 Å². The molecule has 34 heavy (non-hydrogen) atoms. The number of ether oxygens (including phenoxy) is 1. The Balaban J connectivity index is 1.94. The molecular weight excluding hydrogens is 479 g/mol. The van der Waals surface area contributed by atoms with Gasteiger partial charge in [-0.25, -0.2) is 8.42 Å². The van der Waals surface area contributed by atoms with E-state index < -0.39 is 22.7 Å².